The number of rotatable bonds is 8. The van der Waals surface area contributed by atoms with Crippen molar-refractivity contribution >= 4 is 15.9 Å². The minimum Gasteiger partial charge on any atom is -0.493 e. The Hall–Kier alpha value is -0.540. The van der Waals surface area contributed by atoms with E-state index in [2.05, 4.69) is 67.1 Å². The number of halogens is 1. The normalized spacial score (nSPS) is 14.2. The number of benzene rings is 1. The summed E-state index contributed by atoms with van der Waals surface area (Å²) in [5, 5.41) is 3.44. The zero-order valence-corrected chi connectivity index (χ0v) is 14.1. The van der Waals surface area contributed by atoms with Crippen LogP contribution in [0.15, 0.2) is 22.7 Å². The molecule has 2 nitrogen and oxygen atoms in total. The fourth-order valence-electron chi connectivity index (χ4n) is 2.22. The summed E-state index contributed by atoms with van der Waals surface area (Å²) in [7, 11) is 0. The highest BCUT2D eigenvalue weighted by molar-refractivity contribution is 9.10. The topological polar surface area (TPSA) is 21.3 Å². The van der Waals surface area contributed by atoms with Gasteiger partial charge in [0.05, 0.1) is 6.61 Å². The van der Waals surface area contributed by atoms with Crippen LogP contribution in [0.4, 0.5) is 0 Å². The maximum atomic E-state index is 6.03. The maximum absolute atomic E-state index is 6.03. The first-order valence-electron chi connectivity index (χ1n) is 7.24. The zero-order valence-electron chi connectivity index (χ0n) is 12.5. The molecule has 0 amide bonds. The zero-order chi connectivity index (χ0) is 14.3. The van der Waals surface area contributed by atoms with Crippen molar-refractivity contribution in [2.24, 2.45) is 5.92 Å². The van der Waals surface area contributed by atoms with Crippen LogP contribution >= 0.6 is 15.9 Å². The fourth-order valence-corrected chi connectivity index (χ4v) is 2.56. The van der Waals surface area contributed by atoms with E-state index in [0.29, 0.717) is 12.0 Å². The van der Waals surface area contributed by atoms with Crippen LogP contribution in [-0.2, 0) is 0 Å². The second kappa shape index (κ2) is 8.60. The van der Waals surface area contributed by atoms with E-state index in [1.807, 2.05) is 0 Å². The molecule has 1 rings (SSSR count). The van der Waals surface area contributed by atoms with Gasteiger partial charge in [0, 0.05) is 16.1 Å². The van der Waals surface area contributed by atoms with Crippen LogP contribution in [0.5, 0.6) is 5.75 Å². The van der Waals surface area contributed by atoms with Gasteiger partial charge in [0.25, 0.3) is 0 Å². The first-order chi connectivity index (χ1) is 9.08. The van der Waals surface area contributed by atoms with E-state index >= 15 is 0 Å². The van der Waals surface area contributed by atoms with Crippen molar-refractivity contribution in [3.63, 3.8) is 0 Å². The summed E-state index contributed by atoms with van der Waals surface area (Å²) in [6, 6.07) is 6.60. The van der Waals surface area contributed by atoms with Gasteiger partial charge in [-0.05, 0) is 37.9 Å². The predicted molar refractivity (Wildman–Crippen MR) is 85.8 cm³/mol. The molecule has 0 aliphatic heterocycles. The predicted octanol–water partition coefficient (Wildman–Crippen LogP) is 4.93. The highest BCUT2D eigenvalue weighted by Crippen LogP contribution is 2.29. The third-order valence-electron chi connectivity index (χ3n) is 3.26. The molecular formula is C16H26BrNO. The van der Waals surface area contributed by atoms with E-state index in [1.165, 1.54) is 18.4 Å². The van der Waals surface area contributed by atoms with Crippen LogP contribution < -0.4 is 10.1 Å². The molecule has 0 aliphatic carbocycles. The van der Waals surface area contributed by atoms with Gasteiger partial charge in [-0.3, -0.25) is 0 Å². The third kappa shape index (κ3) is 5.53. The van der Waals surface area contributed by atoms with Gasteiger partial charge >= 0.3 is 0 Å². The van der Waals surface area contributed by atoms with Crippen molar-refractivity contribution in [2.75, 3.05) is 13.2 Å². The van der Waals surface area contributed by atoms with Gasteiger partial charge in [-0.25, -0.2) is 0 Å². The van der Waals surface area contributed by atoms with Crippen molar-refractivity contribution in [3.8, 4) is 5.75 Å². The van der Waals surface area contributed by atoms with Gasteiger partial charge in [-0.1, -0.05) is 49.2 Å². The van der Waals surface area contributed by atoms with Crippen molar-refractivity contribution < 1.29 is 4.74 Å². The third-order valence-corrected chi connectivity index (χ3v) is 3.75. The molecule has 1 N–H and O–H groups in total. The summed E-state index contributed by atoms with van der Waals surface area (Å²) >= 11 is 3.52. The Bertz CT molecular complexity index is 381. The second-order valence-electron chi connectivity index (χ2n) is 5.17. The van der Waals surface area contributed by atoms with Crippen LogP contribution in [0.1, 0.15) is 52.1 Å². The monoisotopic (exact) mass is 327 g/mol. The number of nitrogens with one attached hydrogen (secondary N) is 1. The summed E-state index contributed by atoms with van der Waals surface area (Å²) in [5.41, 5.74) is 1.23. The van der Waals surface area contributed by atoms with E-state index in [1.54, 1.807) is 0 Å². The van der Waals surface area contributed by atoms with Crippen molar-refractivity contribution in [2.45, 2.75) is 46.6 Å². The lowest BCUT2D eigenvalue weighted by Crippen LogP contribution is -2.19. The van der Waals surface area contributed by atoms with E-state index in [-0.39, 0.29) is 0 Å². The highest BCUT2D eigenvalue weighted by atomic mass is 79.9. The van der Waals surface area contributed by atoms with Crippen LogP contribution in [0, 0.1) is 5.92 Å². The van der Waals surface area contributed by atoms with Crippen LogP contribution in [-0.4, -0.2) is 13.2 Å². The maximum Gasteiger partial charge on any atom is 0.125 e. The lowest BCUT2D eigenvalue weighted by Gasteiger charge is -2.19. The van der Waals surface area contributed by atoms with E-state index < -0.39 is 0 Å². The minimum absolute atomic E-state index is 0.314. The molecule has 3 heteroatoms. The molecule has 19 heavy (non-hydrogen) atoms. The van der Waals surface area contributed by atoms with E-state index in [4.69, 9.17) is 4.74 Å². The molecule has 0 aliphatic rings. The molecule has 0 heterocycles. The molecule has 2 unspecified atom stereocenters. The average Bonchev–Trinajstić information content (AvgIpc) is 2.37. The molecule has 0 spiro atoms. The molecule has 1 aromatic rings. The number of hydrogen-bond donors (Lipinski definition) is 1. The SMILES string of the molecule is CCCC(C)COc1cc(Br)ccc1C(C)NCC. The largest absolute Gasteiger partial charge is 0.493 e. The average molecular weight is 328 g/mol. The summed E-state index contributed by atoms with van der Waals surface area (Å²) in [5.74, 6) is 1.59. The Balaban J connectivity index is 2.76. The highest BCUT2D eigenvalue weighted by Gasteiger charge is 2.12. The van der Waals surface area contributed by atoms with Gasteiger partial charge in [0.2, 0.25) is 0 Å². The molecule has 2 atom stereocenters. The molecule has 0 saturated carbocycles. The molecule has 0 saturated heterocycles. The van der Waals surface area contributed by atoms with Gasteiger partial charge in [-0.15, -0.1) is 0 Å². The minimum atomic E-state index is 0.314. The first kappa shape index (κ1) is 16.5. The Labute approximate surface area is 126 Å². The standard InChI is InChI=1S/C16H26BrNO/c1-5-7-12(3)11-19-16-10-14(17)8-9-15(16)13(4)18-6-2/h8-10,12-13,18H,5-7,11H2,1-4H3. The molecule has 0 radical (unpaired) electrons. The lowest BCUT2D eigenvalue weighted by molar-refractivity contribution is 0.247. The molecule has 1 aromatic carbocycles. The fraction of sp³-hybridized carbons (Fsp3) is 0.625. The summed E-state index contributed by atoms with van der Waals surface area (Å²) in [6.45, 7) is 10.5. The smallest absolute Gasteiger partial charge is 0.125 e. The summed E-state index contributed by atoms with van der Waals surface area (Å²) in [6.07, 6.45) is 2.43. The van der Waals surface area contributed by atoms with E-state index in [0.717, 1.165) is 23.4 Å². The first-order valence-corrected chi connectivity index (χ1v) is 8.03. The van der Waals surface area contributed by atoms with Crippen molar-refractivity contribution in [1.29, 1.82) is 0 Å². The summed E-state index contributed by atoms with van der Waals surface area (Å²) < 4.78 is 7.10. The Morgan fingerprint density at radius 3 is 2.63 bits per heavy atom. The second-order valence-corrected chi connectivity index (χ2v) is 6.08. The van der Waals surface area contributed by atoms with Crippen LogP contribution in [0.25, 0.3) is 0 Å². The van der Waals surface area contributed by atoms with Crippen LogP contribution in [0.3, 0.4) is 0 Å². The van der Waals surface area contributed by atoms with Gasteiger partial charge in [0.1, 0.15) is 5.75 Å². The Kier molecular flexibility index (Phi) is 7.47. The summed E-state index contributed by atoms with van der Waals surface area (Å²) in [4.78, 5) is 0. The van der Waals surface area contributed by atoms with Crippen molar-refractivity contribution in [3.05, 3.63) is 28.2 Å². The Morgan fingerprint density at radius 2 is 2.00 bits per heavy atom. The Morgan fingerprint density at radius 1 is 1.26 bits per heavy atom. The molecule has 0 fully saturated rings. The molecular weight excluding hydrogens is 302 g/mol. The van der Waals surface area contributed by atoms with Gasteiger partial charge in [0.15, 0.2) is 0 Å². The molecule has 0 aromatic heterocycles. The number of hydrogen-bond acceptors (Lipinski definition) is 2. The van der Waals surface area contributed by atoms with E-state index in [9.17, 15) is 0 Å². The van der Waals surface area contributed by atoms with Gasteiger partial charge in [-0.2, -0.15) is 0 Å². The van der Waals surface area contributed by atoms with Crippen molar-refractivity contribution in [1.82, 2.24) is 5.32 Å². The van der Waals surface area contributed by atoms with Gasteiger partial charge < -0.3 is 10.1 Å². The van der Waals surface area contributed by atoms with Crippen LogP contribution in [0.2, 0.25) is 0 Å². The molecule has 0 bridgehead atoms. The number of ether oxygens (including phenoxy) is 1. The lowest BCUT2D eigenvalue weighted by atomic mass is 10.1. The molecule has 108 valence electrons. The quantitative estimate of drug-likeness (QED) is 0.730.